The highest BCUT2D eigenvalue weighted by atomic mass is 15.0. The lowest BCUT2D eigenvalue weighted by Gasteiger charge is -2.07. The smallest absolute Gasteiger partial charge is 0.169 e. The van der Waals surface area contributed by atoms with Gasteiger partial charge in [-0.15, -0.1) is 0 Å². The second-order valence-corrected chi connectivity index (χ2v) is 11.6. The van der Waals surface area contributed by atoms with E-state index in [0.29, 0.717) is 0 Å². The van der Waals surface area contributed by atoms with Crippen molar-refractivity contribution in [2.75, 3.05) is 6.54 Å². The van der Waals surface area contributed by atoms with E-state index < -0.39 is 0 Å². The van der Waals surface area contributed by atoms with Crippen LogP contribution in [0.1, 0.15) is 70.6 Å². The molecule has 0 fully saturated rings. The summed E-state index contributed by atoms with van der Waals surface area (Å²) in [6.07, 6.45) is 23.4. The fraction of sp³-hybridized carbons (Fsp3) is 0.405. The lowest BCUT2D eigenvalue weighted by atomic mass is 10.1. The number of benzene rings is 2. The second kappa shape index (κ2) is 15.5. The van der Waals surface area contributed by atoms with Gasteiger partial charge in [-0.1, -0.05) is 81.3 Å². The highest BCUT2D eigenvalue weighted by molar-refractivity contribution is 6.07. The number of aromatic nitrogens is 3. The highest BCUT2D eigenvalue weighted by Crippen LogP contribution is 2.29. The molecule has 3 aromatic heterocycles. The minimum absolute atomic E-state index is 0.986. The van der Waals surface area contributed by atoms with Gasteiger partial charge in [0.2, 0.25) is 0 Å². The van der Waals surface area contributed by atoms with E-state index in [1.807, 2.05) is 0 Å². The van der Waals surface area contributed by atoms with Crippen molar-refractivity contribution in [3.05, 3.63) is 97.6 Å². The minimum Gasteiger partial charge on any atom is -0.357 e. The van der Waals surface area contributed by atoms with Crippen molar-refractivity contribution in [2.45, 2.75) is 90.3 Å². The van der Waals surface area contributed by atoms with Crippen LogP contribution in [0.2, 0.25) is 0 Å². The van der Waals surface area contributed by atoms with Gasteiger partial charge in [-0.05, 0) is 36.1 Å². The van der Waals surface area contributed by atoms with E-state index in [-0.39, 0.29) is 0 Å². The molecule has 5 aromatic rings. The van der Waals surface area contributed by atoms with Gasteiger partial charge in [-0.25, -0.2) is 9.13 Å². The number of fused-ring (bicyclic) bond motifs is 3. The lowest BCUT2D eigenvalue weighted by molar-refractivity contribution is -0.699. The molecule has 0 aliphatic rings. The van der Waals surface area contributed by atoms with Crippen LogP contribution in [0.25, 0.3) is 32.9 Å². The molecule has 2 aromatic carbocycles. The fourth-order valence-electron chi connectivity index (χ4n) is 6.11. The first-order valence-electron chi connectivity index (χ1n) is 16.1. The summed E-state index contributed by atoms with van der Waals surface area (Å²) in [7, 11) is 0. The molecular weight excluding hydrogens is 500 g/mol. The van der Waals surface area contributed by atoms with Crippen molar-refractivity contribution in [1.29, 1.82) is 0 Å². The standard InChI is InChI=1S/C37H48N4/c38-24-15-26-40-30-22-33(23-31-40)32-20-28-39(29-21-32)25-13-7-5-3-1-2-4-6-8-14-27-41-36-18-11-9-16-34(36)35-17-10-12-19-37(35)41/h9-12,16-23,28-31H,1-8,13-15,24-27,38H2/q+2/p+1. The quantitative estimate of drug-likeness (QED) is 0.0936. The molecular formula is C37H49N4+3. The Kier molecular flexibility index (Phi) is 11.0. The first-order valence-corrected chi connectivity index (χ1v) is 16.1. The van der Waals surface area contributed by atoms with Crippen molar-refractivity contribution in [3.8, 4) is 11.1 Å². The Morgan fingerprint density at radius 3 is 1.37 bits per heavy atom. The predicted molar refractivity (Wildman–Crippen MR) is 170 cm³/mol. The number of hydrogen-bond acceptors (Lipinski definition) is 0. The molecule has 0 aliphatic carbocycles. The number of unbranched alkanes of at least 4 members (excludes halogenated alkanes) is 9. The van der Waals surface area contributed by atoms with E-state index in [9.17, 15) is 0 Å². The van der Waals surface area contributed by atoms with Crippen LogP contribution in [0.15, 0.2) is 97.6 Å². The van der Waals surface area contributed by atoms with Crippen molar-refractivity contribution < 1.29 is 14.9 Å². The molecule has 0 radical (unpaired) electrons. The second-order valence-electron chi connectivity index (χ2n) is 11.6. The highest BCUT2D eigenvalue weighted by Gasteiger charge is 2.09. The molecule has 0 unspecified atom stereocenters. The normalized spacial score (nSPS) is 11.5. The van der Waals surface area contributed by atoms with Crippen LogP contribution in [-0.4, -0.2) is 11.1 Å². The van der Waals surface area contributed by atoms with Gasteiger partial charge in [-0.3, -0.25) is 0 Å². The number of pyridine rings is 2. The Hall–Kier alpha value is -3.50. The Balaban J connectivity index is 0.907. The third-order valence-electron chi connectivity index (χ3n) is 8.51. The Bertz CT molecular complexity index is 1410. The van der Waals surface area contributed by atoms with Crippen LogP contribution in [0.4, 0.5) is 0 Å². The zero-order chi connectivity index (χ0) is 28.1. The Morgan fingerprint density at radius 2 is 0.878 bits per heavy atom. The molecule has 3 heterocycles. The summed E-state index contributed by atoms with van der Waals surface area (Å²) in [5, 5.41) is 2.77. The summed E-state index contributed by atoms with van der Waals surface area (Å²) < 4.78 is 7.11. The monoisotopic (exact) mass is 549 g/mol. The van der Waals surface area contributed by atoms with Crippen molar-refractivity contribution in [2.24, 2.45) is 0 Å². The fourth-order valence-corrected chi connectivity index (χ4v) is 6.11. The average molecular weight is 550 g/mol. The molecule has 4 heteroatoms. The number of hydrogen-bond donors (Lipinski definition) is 1. The van der Waals surface area contributed by atoms with Gasteiger partial charge < -0.3 is 10.3 Å². The summed E-state index contributed by atoms with van der Waals surface area (Å²) in [4.78, 5) is 0. The van der Waals surface area contributed by atoms with Crippen molar-refractivity contribution in [3.63, 3.8) is 0 Å². The largest absolute Gasteiger partial charge is 0.357 e. The van der Waals surface area contributed by atoms with Gasteiger partial charge in [0.05, 0.1) is 13.0 Å². The van der Waals surface area contributed by atoms with E-state index in [4.69, 9.17) is 0 Å². The molecule has 0 saturated carbocycles. The zero-order valence-electron chi connectivity index (χ0n) is 24.9. The summed E-state index contributed by atoms with van der Waals surface area (Å²) in [5.74, 6) is 0. The molecule has 0 atom stereocenters. The van der Waals surface area contributed by atoms with Crippen LogP contribution in [0.3, 0.4) is 0 Å². The van der Waals surface area contributed by atoms with Gasteiger partial charge in [0.1, 0.15) is 6.54 Å². The van der Waals surface area contributed by atoms with E-state index in [1.165, 1.54) is 97.1 Å². The van der Waals surface area contributed by atoms with Crippen LogP contribution in [-0.2, 0) is 19.6 Å². The Morgan fingerprint density at radius 1 is 0.463 bits per heavy atom. The first-order chi connectivity index (χ1) is 20.3. The van der Waals surface area contributed by atoms with Gasteiger partial charge in [0.15, 0.2) is 31.3 Å². The van der Waals surface area contributed by atoms with E-state index in [1.54, 1.807) is 0 Å². The van der Waals surface area contributed by atoms with E-state index in [0.717, 1.165) is 32.6 Å². The number of nitrogens with zero attached hydrogens (tertiary/aromatic N) is 3. The number of rotatable bonds is 17. The third-order valence-corrected chi connectivity index (χ3v) is 8.51. The third kappa shape index (κ3) is 8.04. The number of quaternary nitrogens is 1. The Labute approximate surface area is 246 Å². The molecule has 214 valence electrons. The summed E-state index contributed by atoms with van der Waals surface area (Å²) in [5.41, 5.74) is 9.26. The van der Waals surface area contributed by atoms with E-state index >= 15 is 0 Å². The van der Waals surface area contributed by atoms with Gasteiger partial charge in [0.25, 0.3) is 0 Å². The molecule has 0 spiro atoms. The molecule has 0 aliphatic heterocycles. The average Bonchev–Trinajstić information content (AvgIpc) is 3.34. The summed E-state index contributed by atoms with van der Waals surface area (Å²) in [6, 6.07) is 26.7. The summed E-state index contributed by atoms with van der Waals surface area (Å²) in [6.45, 7) is 4.27. The van der Waals surface area contributed by atoms with Gasteiger partial charge in [-0.2, -0.15) is 0 Å². The van der Waals surface area contributed by atoms with Gasteiger partial charge >= 0.3 is 0 Å². The maximum Gasteiger partial charge on any atom is 0.169 e. The molecule has 41 heavy (non-hydrogen) atoms. The van der Waals surface area contributed by atoms with Crippen LogP contribution in [0.5, 0.6) is 0 Å². The molecule has 0 saturated heterocycles. The van der Waals surface area contributed by atoms with Crippen molar-refractivity contribution >= 4 is 21.8 Å². The maximum atomic E-state index is 3.93. The first kappa shape index (κ1) is 29.0. The molecule has 0 amide bonds. The van der Waals surface area contributed by atoms with Crippen LogP contribution in [0, 0.1) is 0 Å². The molecule has 4 nitrogen and oxygen atoms in total. The molecule has 0 bridgehead atoms. The molecule has 3 N–H and O–H groups in total. The minimum atomic E-state index is 0.986. The van der Waals surface area contributed by atoms with Gasteiger partial charge in [0, 0.05) is 59.0 Å². The van der Waals surface area contributed by atoms with E-state index in [2.05, 4.69) is 117 Å². The topological polar surface area (TPSA) is 40.3 Å². The zero-order valence-corrected chi connectivity index (χ0v) is 24.9. The van der Waals surface area contributed by atoms with Crippen LogP contribution >= 0.6 is 0 Å². The number of aryl methyl sites for hydroxylation is 3. The van der Waals surface area contributed by atoms with Crippen LogP contribution < -0.4 is 14.9 Å². The molecule has 5 rings (SSSR count). The SMILES string of the molecule is [NH3+]CCC[n+]1ccc(-c2cc[n+](CCCCCCCCCCCCn3c4ccccc4c4ccccc43)cc2)cc1. The predicted octanol–water partition coefficient (Wildman–Crippen LogP) is 7.27. The number of para-hydroxylation sites is 2. The maximum absolute atomic E-state index is 3.93. The summed E-state index contributed by atoms with van der Waals surface area (Å²) >= 11 is 0. The lowest BCUT2D eigenvalue weighted by Crippen LogP contribution is -2.51. The van der Waals surface area contributed by atoms with Crippen molar-refractivity contribution in [1.82, 2.24) is 4.57 Å².